The maximum atomic E-state index is 12.2. The predicted molar refractivity (Wildman–Crippen MR) is 65.3 cm³/mol. The van der Waals surface area contributed by atoms with Crippen molar-refractivity contribution in [1.29, 1.82) is 0 Å². The number of hydrogen-bond donors (Lipinski definition) is 1. The van der Waals surface area contributed by atoms with E-state index in [9.17, 15) is 4.79 Å². The van der Waals surface area contributed by atoms with Crippen LogP contribution in [0.2, 0.25) is 0 Å². The molecule has 0 radical (unpaired) electrons. The van der Waals surface area contributed by atoms with Crippen molar-refractivity contribution in [1.82, 2.24) is 15.2 Å². The van der Waals surface area contributed by atoms with Gasteiger partial charge in [-0.2, -0.15) is 0 Å². The van der Waals surface area contributed by atoms with Crippen LogP contribution in [0.4, 0.5) is 0 Å². The summed E-state index contributed by atoms with van der Waals surface area (Å²) in [6.45, 7) is 4.46. The molecule has 86 valence electrons. The maximum Gasteiger partial charge on any atom is 0.255 e. The monoisotopic (exact) mass is 283 g/mol. The molecule has 0 aromatic carbocycles. The molecular formula is C11H14BrN3O. The highest BCUT2D eigenvalue weighted by atomic mass is 79.9. The molecule has 1 aromatic heterocycles. The highest BCUT2D eigenvalue weighted by molar-refractivity contribution is 9.10. The van der Waals surface area contributed by atoms with Gasteiger partial charge in [0, 0.05) is 42.5 Å². The van der Waals surface area contributed by atoms with Crippen molar-refractivity contribution in [2.24, 2.45) is 0 Å². The summed E-state index contributed by atoms with van der Waals surface area (Å²) >= 11 is 3.35. The molecule has 1 aliphatic heterocycles. The minimum Gasteiger partial charge on any atom is -0.336 e. The Labute approximate surface area is 103 Å². The number of rotatable bonds is 1. The molecule has 0 spiro atoms. The molecule has 1 amide bonds. The molecule has 0 saturated carbocycles. The first kappa shape index (κ1) is 11.5. The summed E-state index contributed by atoms with van der Waals surface area (Å²) in [5.74, 6) is 0.0719. The molecule has 5 heteroatoms. The smallest absolute Gasteiger partial charge is 0.255 e. The van der Waals surface area contributed by atoms with Crippen LogP contribution in [0.1, 0.15) is 17.3 Å². The molecule has 1 atom stereocenters. The Balaban J connectivity index is 2.16. The van der Waals surface area contributed by atoms with Crippen molar-refractivity contribution < 1.29 is 4.79 Å². The number of halogens is 1. The molecule has 1 fully saturated rings. The van der Waals surface area contributed by atoms with Crippen molar-refractivity contribution in [2.45, 2.75) is 13.0 Å². The zero-order chi connectivity index (χ0) is 11.5. The molecular weight excluding hydrogens is 270 g/mol. The minimum atomic E-state index is 0.0719. The molecule has 0 aliphatic carbocycles. The van der Waals surface area contributed by atoms with Gasteiger partial charge in [0.05, 0.1) is 5.56 Å². The van der Waals surface area contributed by atoms with Crippen molar-refractivity contribution in [3.63, 3.8) is 0 Å². The highest BCUT2D eigenvalue weighted by Gasteiger charge is 2.22. The van der Waals surface area contributed by atoms with Crippen LogP contribution in [0.3, 0.4) is 0 Å². The number of aromatic nitrogens is 1. The van der Waals surface area contributed by atoms with Gasteiger partial charge in [-0.05, 0) is 28.9 Å². The van der Waals surface area contributed by atoms with Gasteiger partial charge in [0.1, 0.15) is 0 Å². The fraction of sp³-hybridized carbons (Fsp3) is 0.455. The topological polar surface area (TPSA) is 45.2 Å². The van der Waals surface area contributed by atoms with Gasteiger partial charge < -0.3 is 10.2 Å². The van der Waals surface area contributed by atoms with E-state index in [1.54, 1.807) is 18.5 Å². The van der Waals surface area contributed by atoms with E-state index in [1.165, 1.54) is 0 Å². The number of carbonyl (C=O) groups excluding carboxylic acids is 1. The van der Waals surface area contributed by atoms with Gasteiger partial charge in [0.25, 0.3) is 5.91 Å². The van der Waals surface area contributed by atoms with E-state index < -0.39 is 0 Å². The molecule has 1 N–H and O–H groups in total. The number of amides is 1. The second-order valence-corrected chi connectivity index (χ2v) is 4.82. The van der Waals surface area contributed by atoms with E-state index in [0.29, 0.717) is 11.6 Å². The fourth-order valence-corrected chi connectivity index (χ4v) is 2.26. The van der Waals surface area contributed by atoms with Crippen LogP contribution in [0.5, 0.6) is 0 Å². The summed E-state index contributed by atoms with van der Waals surface area (Å²) in [6, 6.07) is 2.11. The van der Waals surface area contributed by atoms with E-state index in [-0.39, 0.29) is 5.91 Å². The normalized spacial score (nSPS) is 20.9. The predicted octanol–water partition coefficient (Wildman–Crippen LogP) is 1.28. The van der Waals surface area contributed by atoms with Crippen LogP contribution in [0.15, 0.2) is 22.9 Å². The van der Waals surface area contributed by atoms with Gasteiger partial charge in [-0.3, -0.25) is 9.78 Å². The van der Waals surface area contributed by atoms with E-state index >= 15 is 0 Å². The van der Waals surface area contributed by atoms with Gasteiger partial charge in [0.15, 0.2) is 0 Å². The van der Waals surface area contributed by atoms with Crippen molar-refractivity contribution in [3.05, 3.63) is 28.5 Å². The van der Waals surface area contributed by atoms with Gasteiger partial charge in [0.2, 0.25) is 0 Å². The van der Waals surface area contributed by atoms with Crippen molar-refractivity contribution in [3.8, 4) is 0 Å². The first-order valence-electron chi connectivity index (χ1n) is 5.30. The van der Waals surface area contributed by atoms with Crippen LogP contribution in [-0.2, 0) is 0 Å². The Kier molecular flexibility index (Phi) is 3.56. The lowest BCUT2D eigenvalue weighted by atomic mass is 10.2. The number of piperazine rings is 1. The lowest BCUT2D eigenvalue weighted by Gasteiger charge is -2.32. The number of nitrogens with zero attached hydrogens (tertiary/aromatic N) is 2. The van der Waals surface area contributed by atoms with Crippen LogP contribution in [0, 0.1) is 0 Å². The molecule has 0 unspecified atom stereocenters. The zero-order valence-corrected chi connectivity index (χ0v) is 10.7. The molecule has 0 bridgehead atoms. The van der Waals surface area contributed by atoms with Crippen LogP contribution >= 0.6 is 15.9 Å². The SMILES string of the molecule is C[C@@H]1CN(C(=O)c2ccncc2Br)CCN1. The molecule has 1 saturated heterocycles. The van der Waals surface area contributed by atoms with Crippen LogP contribution in [0.25, 0.3) is 0 Å². The van der Waals surface area contributed by atoms with Crippen LogP contribution in [-0.4, -0.2) is 41.5 Å². The number of hydrogen-bond acceptors (Lipinski definition) is 3. The van der Waals surface area contributed by atoms with Crippen LogP contribution < -0.4 is 5.32 Å². The summed E-state index contributed by atoms with van der Waals surface area (Å²) in [6.07, 6.45) is 3.29. The maximum absolute atomic E-state index is 12.2. The zero-order valence-electron chi connectivity index (χ0n) is 9.11. The standard InChI is InChI=1S/C11H14BrN3O/c1-8-7-15(5-4-14-8)11(16)9-2-3-13-6-10(9)12/h2-3,6,8,14H,4-5,7H2,1H3/t8-/m1/s1. The molecule has 2 heterocycles. The van der Waals surface area contributed by atoms with E-state index in [0.717, 1.165) is 24.1 Å². The van der Waals surface area contributed by atoms with Gasteiger partial charge >= 0.3 is 0 Å². The first-order valence-corrected chi connectivity index (χ1v) is 6.10. The van der Waals surface area contributed by atoms with E-state index in [1.807, 2.05) is 4.90 Å². The molecule has 4 nitrogen and oxygen atoms in total. The van der Waals surface area contributed by atoms with Gasteiger partial charge in [-0.25, -0.2) is 0 Å². The highest BCUT2D eigenvalue weighted by Crippen LogP contribution is 2.17. The Morgan fingerprint density at radius 1 is 1.69 bits per heavy atom. The molecule has 1 aromatic rings. The third-order valence-corrected chi connectivity index (χ3v) is 3.29. The minimum absolute atomic E-state index is 0.0719. The Morgan fingerprint density at radius 2 is 2.50 bits per heavy atom. The average molecular weight is 284 g/mol. The molecule has 16 heavy (non-hydrogen) atoms. The lowest BCUT2D eigenvalue weighted by molar-refractivity contribution is 0.0708. The second-order valence-electron chi connectivity index (χ2n) is 3.96. The fourth-order valence-electron chi connectivity index (χ4n) is 1.84. The summed E-state index contributed by atoms with van der Waals surface area (Å²) in [7, 11) is 0. The Morgan fingerprint density at radius 3 is 3.19 bits per heavy atom. The summed E-state index contributed by atoms with van der Waals surface area (Å²) in [5, 5.41) is 3.31. The third kappa shape index (κ3) is 2.41. The Hall–Kier alpha value is -0.940. The van der Waals surface area contributed by atoms with E-state index in [2.05, 4.69) is 33.2 Å². The first-order chi connectivity index (χ1) is 7.68. The van der Waals surface area contributed by atoms with Crippen molar-refractivity contribution >= 4 is 21.8 Å². The van der Waals surface area contributed by atoms with Crippen molar-refractivity contribution in [2.75, 3.05) is 19.6 Å². The van der Waals surface area contributed by atoms with Gasteiger partial charge in [-0.15, -0.1) is 0 Å². The molecule has 1 aliphatic rings. The second kappa shape index (κ2) is 4.93. The summed E-state index contributed by atoms with van der Waals surface area (Å²) < 4.78 is 0.756. The summed E-state index contributed by atoms with van der Waals surface area (Å²) in [5.41, 5.74) is 0.684. The number of nitrogens with one attached hydrogen (secondary N) is 1. The number of carbonyl (C=O) groups is 1. The summed E-state index contributed by atoms with van der Waals surface area (Å²) in [4.78, 5) is 18.0. The van der Waals surface area contributed by atoms with E-state index in [4.69, 9.17) is 0 Å². The lowest BCUT2D eigenvalue weighted by Crippen LogP contribution is -2.51. The Bertz CT molecular complexity index is 397. The average Bonchev–Trinajstić information content (AvgIpc) is 2.29. The quantitative estimate of drug-likeness (QED) is 0.845. The largest absolute Gasteiger partial charge is 0.336 e. The van der Waals surface area contributed by atoms with Gasteiger partial charge in [-0.1, -0.05) is 0 Å². The molecule has 2 rings (SSSR count). The number of pyridine rings is 1. The third-order valence-electron chi connectivity index (χ3n) is 2.66.